The molecule has 2 aromatic rings. The van der Waals surface area contributed by atoms with Gasteiger partial charge < -0.3 is 9.47 Å². The molecule has 0 aliphatic carbocycles. The van der Waals surface area contributed by atoms with Gasteiger partial charge in [0.05, 0.1) is 20.4 Å². The number of aromatic nitrogens is 3. The Morgan fingerprint density at radius 3 is 2.62 bits per heavy atom. The maximum atomic E-state index is 5.28. The van der Waals surface area contributed by atoms with Gasteiger partial charge >= 0.3 is 0 Å². The maximum absolute atomic E-state index is 5.28. The summed E-state index contributed by atoms with van der Waals surface area (Å²) in [4.78, 5) is 0. The van der Waals surface area contributed by atoms with Gasteiger partial charge in [0.15, 0.2) is 17.3 Å². The Morgan fingerprint density at radius 1 is 1.24 bits per heavy atom. The van der Waals surface area contributed by atoms with Crippen LogP contribution < -0.4 is 9.47 Å². The van der Waals surface area contributed by atoms with Gasteiger partial charge in [0.25, 0.3) is 0 Å². The predicted octanol–water partition coefficient (Wildman–Crippen LogP) is 2.46. The van der Waals surface area contributed by atoms with E-state index in [1.165, 1.54) is 11.8 Å². The fourth-order valence-corrected chi connectivity index (χ4v) is 2.26. The van der Waals surface area contributed by atoms with Crippen LogP contribution in [0.3, 0.4) is 0 Å². The number of methoxy groups -OCH3 is 2. The smallest absolute Gasteiger partial charge is 0.211 e. The van der Waals surface area contributed by atoms with Crippen LogP contribution in [0, 0.1) is 0 Å². The van der Waals surface area contributed by atoms with Crippen LogP contribution in [0.15, 0.2) is 28.5 Å². The van der Waals surface area contributed by atoms with E-state index in [-0.39, 0.29) is 0 Å². The molecule has 112 valence electrons. The third-order valence-corrected chi connectivity index (χ3v) is 3.53. The van der Waals surface area contributed by atoms with E-state index in [1.807, 2.05) is 31.4 Å². The van der Waals surface area contributed by atoms with Gasteiger partial charge in [-0.05, 0) is 30.0 Å². The lowest BCUT2D eigenvalue weighted by molar-refractivity contribution is 0.355. The molecule has 0 atom stereocenters. The summed E-state index contributed by atoms with van der Waals surface area (Å²) in [5.41, 5.74) is 0.912. The molecule has 0 spiro atoms. The summed E-state index contributed by atoms with van der Waals surface area (Å²) in [6.45, 7) is 2.02. The van der Waals surface area contributed by atoms with Crippen LogP contribution in [0.2, 0.25) is 0 Å². The second-order valence-electron chi connectivity index (χ2n) is 4.13. The van der Waals surface area contributed by atoms with Crippen LogP contribution in [0.4, 0.5) is 0 Å². The quantitative estimate of drug-likeness (QED) is 0.606. The SMILES string of the molecule is CCc1nnc(SC)n1/N=C\c1ccc(OC)c(OC)c1. The standard InChI is InChI=1S/C14H18N4O2S/c1-5-13-16-17-14(21-4)18(13)15-9-10-6-7-11(19-2)12(8-10)20-3/h6-9H,5H2,1-4H3/b15-9-. The fraction of sp³-hybridized carbons (Fsp3) is 0.357. The number of thioether (sulfide) groups is 1. The zero-order valence-corrected chi connectivity index (χ0v) is 13.3. The van der Waals surface area contributed by atoms with Gasteiger partial charge in [-0.15, -0.1) is 10.2 Å². The minimum atomic E-state index is 0.672. The molecular weight excluding hydrogens is 288 g/mol. The van der Waals surface area contributed by atoms with Crippen molar-refractivity contribution < 1.29 is 9.47 Å². The highest BCUT2D eigenvalue weighted by Gasteiger charge is 2.08. The van der Waals surface area contributed by atoms with Gasteiger partial charge in [0.1, 0.15) is 0 Å². The van der Waals surface area contributed by atoms with Crippen molar-refractivity contribution in [2.24, 2.45) is 5.10 Å². The normalized spacial score (nSPS) is 11.0. The van der Waals surface area contributed by atoms with Crippen LogP contribution in [0.25, 0.3) is 0 Å². The van der Waals surface area contributed by atoms with Crippen LogP contribution in [-0.2, 0) is 6.42 Å². The molecule has 0 unspecified atom stereocenters. The summed E-state index contributed by atoms with van der Waals surface area (Å²) >= 11 is 1.51. The second kappa shape index (κ2) is 7.12. The molecule has 7 heteroatoms. The van der Waals surface area contributed by atoms with Crippen LogP contribution in [0.5, 0.6) is 11.5 Å². The van der Waals surface area contributed by atoms with Crippen LogP contribution in [-0.4, -0.2) is 41.6 Å². The summed E-state index contributed by atoms with van der Waals surface area (Å²) < 4.78 is 12.2. The number of rotatable bonds is 6. The van der Waals surface area contributed by atoms with Gasteiger partial charge in [0, 0.05) is 6.42 Å². The summed E-state index contributed by atoms with van der Waals surface area (Å²) in [5.74, 6) is 2.19. The lowest BCUT2D eigenvalue weighted by atomic mass is 10.2. The first-order chi connectivity index (χ1) is 10.2. The highest BCUT2D eigenvalue weighted by molar-refractivity contribution is 7.98. The summed E-state index contributed by atoms with van der Waals surface area (Å²) in [6.07, 6.45) is 4.48. The predicted molar refractivity (Wildman–Crippen MR) is 83.7 cm³/mol. The van der Waals surface area contributed by atoms with Gasteiger partial charge in [0.2, 0.25) is 5.16 Å². The average molecular weight is 306 g/mol. The van der Waals surface area contributed by atoms with Crippen molar-refractivity contribution in [3.63, 3.8) is 0 Å². The lowest BCUT2D eigenvalue weighted by Gasteiger charge is -2.07. The van der Waals surface area contributed by atoms with E-state index in [2.05, 4.69) is 15.3 Å². The molecule has 0 N–H and O–H groups in total. The molecule has 0 aliphatic heterocycles. The molecule has 0 saturated heterocycles. The Morgan fingerprint density at radius 2 is 2.00 bits per heavy atom. The van der Waals surface area contributed by atoms with E-state index in [4.69, 9.17) is 9.47 Å². The third kappa shape index (κ3) is 3.36. The highest BCUT2D eigenvalue weighted by Crippen LogP contribution is 2.27. The molecule has 1 aromatic heterocycles. The van der Waals surface area contributed by atoms with Gasteiger partial charge in [-0.1, -0.05) is 18.7 Å². The van der Waals surface area contributed by atoms with E-state index >= 15 is 0 Å². The molecule has 0 saturated carbocycles. The number of nitrogens with zero attached hydrogens (tertiary/aromatic N) is 4. The Kier molecular flexibility index (Phi) is 5.21. The van der Waals surface area contributed by atoms with E-state index in [1.54, 1.807) is 25.1 Å². The molecule has 0 aliphatic rings. The molecule has 2 rings (SSSR count). The van der Waals surface area contributed by atoms with Crippen molar-refractivity contribution in [2.45, 2.75) is 18.5 Å². The number of hydrogen-bond donors (Lipinski definition) is 0. The minimum absolute atomic E-state index is 0.672. The first-order valence-electron chi connectivity index (χ1n) is 6.48. The Labute approximate surface area is 128 Å². The monoisotopic (exact) mass is 306 g/mol. The van der Waals surface area contributed by atoms with Gasteiger partial charge in [-0.25, -0.2) is 0 Å². The largest absolute Gasteiger partial charge is 0.493 e. The Bertz CT molecular complexity index is 618. The van der Waals surface area contributed by atoms with Crippen molar-refractivity contribution in [1.29, 1.82) is 0 Å². The average Bonchev–Trinajstić information content (AvgIpc) is 2.94. The first kappa shape index (κ1) is 15.4. The molecule has 1 aromatic carbocycles. The molecule has 6 nitrogen and oxygen atoms in total. The molecule has 1 heterocycles. The lowest BCUT2D eigenvalue weighted by Crippen LogP contribution is -1.99. The van der Waals surface area contributed by atoms with Crippen molar-refractivity contribution in [2.75, 3.05) is 20.5 Å². The molecule has 0 amide bonds. The van der Waals surface area contributed by atoms with Gasteiger partial charge in [-0.2, -0.15) is 9.78 Å². The summed E-state index contributed by atoms with van der Waals surface area (Å²) in [6, 6.07) is 5.64. The van der Waals surface area contributed by atoms with Crippen molar-refractivity contribution in [3.05, 3.63) is 29.6 Å². The summed E-state index contributed by atoms with van der Waals surface area (Å²) in [7, 11) is 3.22. The number of ether oxygens (including phenoxy) is 2. The van der Waals surface area contributed by atoms with Crippen LogP contribution in [0.1, 0.15) is 18.3 Å². The highest BCUT2D eigenvalue weighted by atomic mass is 32.2. The molecule has 0 fully saturated rings. The maximum Gasteiger partial charge on any atom is 0.211 e. The van der Waals surface area contributed by atoms with E-state index in [0.717, 1.165) is 23.0 Å². The number of aryl methyl sites for hydroxylation is 1. The zero-order valence-electron chi connectivity index (χ0n) is 12.5. The van der Waals surface area contributed by atoms with Crippen molar-refractivity contribution in [1.82, 2.24) is 14.9 Å². The third-order valence-electron chi connectivity index (χ3n) is 2.91. The fourth-order valence-electron chi connectivity index (χ4n) is 1.82. The Balaban J connectivity index is 2.31. The Hall–Kier alpha value is -2.02. The molecular formula is C14H18N4O2S. The minimum Gasteiger partial charge on any atom is -0.493 e. The zero-order chi connectivity index (χ0) is 15.2. The molecule has 21 heavy (non-hydrogen) atoms. The van der Waals surface area contributed by atoms with Crippen molar-refractivity contribution in [3.8, 4) is 11.5 Å². The molecule has 0 bridgehead atoms. The van der Waals surface area contributed by atoms with Crippen molar-refractivity contribution >= 4 is 18.0 Å². The second-order valence-corrected chi connectivity index (χ2v) is 4.90. The summed E-state index contributed by atoms with van der Waals surface area (Å²) in [5, 5.41) is 13.4. The molecule has 0 radical (unpaired) electrons. The first-order valence-corrected chi connectivity index (χ1v) is 7.70. The topological polar surface area (TPSA) is 61.5 Å². The van der Waals surface area contributed by atoms with E-state index in [9.17, 15) is 0 Å². The van der Waals surface area contributed by atoms with Crippen LogP contribution >= 0.6 is 11.8 Å². The van der Waals surface area contributed by atoms with Gasteiger partial charge in [-0.3, -0.25) is 0 Å². The van der Waals surface area contributed by atoms with E-state index in [0.29, 0.717) is 11.5 Å². The van der Waals surface area contributed by atoms with E-state index < -0.39 is 0 Å². The number of hydrogen-bond acceptors (Lipinski definition) is 6. The number of benzene rings is 1.